The van der Waals surface area contributed by atoms with Crippen LogP contribution in [0, 0.1) is 0 Å². The zero-order chi connectivity index (χ0) is 13.8. The summed E-state index contributed by atoms with van der Waals surface area (Å²) in [5.41, 5.74) is 5.02. The zero-order valence-corrected chi connectivity index (χ0v) is 10.9. The van der Waals surface area contributed by atoms with Crippen molar-refractivity contribution in [2.75, 3.05) is 18.5 Å². The molecule has 0 saturated heterocycles. The molecule has 1 rings (SSSR count). The van der Waals surface area contributed by atoms with Gasteiger partial charge < -0.3 is 16.0 Å². The normalized spacial score (nSPS) is 10.9. The van der Waals surface area contributed by atoms with Crippen molar-refractivity contribution >= 4 is 17.5 Å². The smallest absolute Gasteiger partial charge is 0.251 e. The van der Waals surface area contributed by atoms with Gasteiger partial charge in [-0.2, -0.15) is 0 Å². The van der Waals surface area contributed by atoms with E-state index in [2.05, 4.69) is 5.32 Å². The Kier molecular flexibility index (Phi) is 4.44. The van der Waals surface area contributed by atoms with Crippen LogP contribution in [-0.2, 0) is 9.59 Å². The summed E-state index contributed by atoms with van der Waals surface area (Å²) >= 11 is 0. The number of hydrogen-bond donors (Lipinski definition) is 2. The Morgan fingerprint density at radius 1 is 1.28 bits per heavy atom. The number of nitrogens with one attached hydrogen (secondary N) is 1. The number of rotatable bonds is 4. The number of carbonyl (C=O) groups excluding carboxylic acids is 2. The molecule has 5 heteroatoms. The number of nitrogens with zero attached hydrogens (tertiary/aromatic N) is 1. The van der Waals surface area contributed by atoms with Crippen LogP contribution in [0.5, 0.6) is 0 Å². The molecule has 1 aromatic rings. The molecule has 1 aromatic carbocycles. The largest absolute Gasteiger partial charge is 0.341 e. The van der Waals surface area contributed by atoms with Crippen LogP contribution in [0.2, 0.25) is 0 Å². The SMILES string of the molecule is CN(C(=O)C(C)(C)NC(=O)CN)c1ccccc1. The molecule has 0 radical (unpaired) electrons. The van der Waals surface area contributed by atoms with Crippen molar-refractivity contribution in [3.8, 4) is 0 Å². The Bertz CT molecular complexity index is 429. The lowest BCUT2D eigenvalue weighted by Crippen LogP contribution is -2.56. The van der Waals surface area contributed by atoms with Gasteiger partial charge in [-0.3, -0.25) is 9.59 Å². The minimum Gasteiger partial charge on any atom is -0.341 e. The topological polar surface area (TPSA) is 75.4 Å². The predicted octanol–water partition coefficient (Wildman–Crippen LogP) is 0.503. The summed E-state index contributed by atoms with van der Waals surface area (Å²) in [7, 11) is 1.67. The molecule has 18 heavy (non-hydrogen) atoms. The molecule has 0 spiro atoms. The van der Waals surface area contributed by atoms with E-state index in [9.17, 15) is 9.59 Å². The van der Waals surface area contributed by atoms with Crippen LogP contribution in [-0.4, -0.2) is 30.9 Å². The van der Waals surface area contributed by atoms with Gasteiger partial charge >= 0.3 is 0 Å². The Labute approximate surface area is 107 Å². The van der Waals surface area contributed by atoms with Crippen molar-refractivity contribution in [3.63, 3.8) is 0 Å². The second-order valence-corrected chi connectivity index (χ2v) is 4.58. The molecule has 0 aliphatic carbocycles. The monoisotopic (exact) mass is 249 g/mol. The number of carbonyl (C=O) groups is 2. The van der Waals surface area contributed by atoms with E-state index in [0.29, 0.717) is 0 Å². The fourth-order valence-electron chi connectivity index (χ4n) is 1.64. The first-order valence-corrected chi connectivity index (χ1v) is 5.73. The van der Waals surface area contributed by atoms with E-state index in [1.54, 1.807) is 20.9 Å². The van der Waals surface area contributed by atoms with Gasteiger partial charge in [0.05, 0.1) is 6.54 Å². The standard InChI is InChI=1S/C13H19N3O2/c1-13(2,15-11(17)9-14)12(18)16(3)10-7-5-4-6-8-10/h4-8H,9,14H2,1-3H3,(H,15,17). The van der Waals surface area contributed by atoms with Crippen LogP contribution in [0.4, 0.5) is 5.69 Å². The second kappa shape index (κ2) is 5.64. The average Bonchev–Trinajstić information content (AvgIpc) is 2.37. The van der Waals surface area contributed by atoms with Crippen LogP contribution >= 0.6 is 0 Å². The maximum atomic E-state index is 12.3. The third-order valence-electron chi connectivity index (χ3n) is 2.62. The first-order chi connectivity index (χ1) is 8.38. The van der Waals surface area contributed by atoms with Crippen molar-refractivity contribution in [1.82, 2.24) is 5.32 Å². The number of benzene rings is 1. The van der Waals surface area contributed by atoms with Gasteiger partial charge in [0.2, 0.25) is 5.91 Å². The lowest BCUT2D eigenvalue weighted by molar-refractivity contribution is -0.129. The van der Waals surface area contributed by atoms with Crippen LogP contribution < -0.4 is 16.0 Å². The highest BCUT2D eigenvalue weighted by Gasteiger charge is 2.32. The van der Waals surface area contributed by atoms with Gasteiger partial charge in [-0.25, -0.2) is 0 Å². The fraction of sp³-hybridized carbons (Fsp3) is 0.385. The highest BCUT2D eigenvalue weighted by atomic mass is 16.2. The van der Waals surface area contributed by atoms with Crippen molar-refractivity contribution in [3.05, 3.63) is 30.3 Å². The summed E-state index contributed by atoms with van der Waals surface area (Å²) in [6.45, 7) is 3.18. The van der Waals surface area contributed by atoms with E-state index < -0.39 is 5.54 Å². The second-order valence-electron chi connectivity index (χ2n) is 4.58. The molecule has 0 saturated carbocycles. The van der Waals surface area contributed by atoms with E-state index in [0.717, 1.165) is 5.69 Å². The van der Waals surface area contributed by atoms with Gasteiger partial charge in [-0.15, -0.1) is 0 Å². The summed E-state index contributed by atoms with van der Waals surface area (Å²) in [6.07, 6.45) is 0. The lowest BCUT2D eigenvalue weighted by Gasteiger charge is -2.30. The Balaban J connectivity index is 2.83. The fourth-order valence-corrected chi connectivity index (χ4v) is 1.64. The predicted molar refractivity (Wildman–Crippen MR) is 71.1 cm³/mol. The molecule has 0 fully saturated rings. The summed E-state index contributed by atoms with van der Waals surface area (Å²) < 4.78 is 0. The molecule has 0 aliphatic heterocycles. The van der Waals surface area contributed by atoms with E-state index in [-0.39, 0.29) is 18.4 Å². The lowest BCUT2D eigenvalue weighted by atomic mass is 10.0. The van der Waals surface area contributed by atoms with E-state index in [1.807, 2.05) is 30.3 Å². The van der Waals surface area contributed by atoms with Crippen molar-refractivity contribution in [2.45, 2.75) is 19.4 Å². The number of amides is 2. The van der Waals surface area contributed by atoms with Gasteiger partial charge in [-0.1, -0.05) is 18.2 Å². The first-order valence-electron chi connectivity index (χ1n) is 5.73. The quantitative estimate of drug-likeness (QED) is 0.816. The van der Waals surface area contributed by atoms with Gasteiger partial charge in [0.1, 0.15) is 5.54 Å². The van der Waals surface area contributed by atoms with Crippen LogP contribution in [0.15, 0.2) is 30.3 Å². The van der Waals surface area contributed by atoms with E-state index in [1.165, 1.54) is 4.90 Å². The van der Waals surface area contributed by atoms with Gasteiger partial charge in [0, 0.05) is 12.7 Å². The summed E-state index contributed by atoms with van der Waals surface area (Å²) in [5.74, 6) is -0.551. The molecular formula is C13H19N3O2. The highest BCUT2D eigenvalue weighted by Crippen LogP contribution is 2.16. The minimum absolute atomic E-state index is 0.133. The van der Waals surface area contributed by atoms with E-state index >= 15 is 0 Å². The van der Waals surface area contributed by atoms with Crippen LogP contribution in [0.1, 0.15) is 13.8 Å². The van der Waals surface area contributed by atoms with Crippen molar-refractivity contribution < 1.29 is 9.59 Å². The molecule has 2 amide bonds. The number of nitrogens with two attached hydrogens (primary N) is 1. The molecule has 0 bridgehead atoms. The molecule has 0 aliphatic rings. The van der Waals surface area contributed by atoms with Gasteiger partial charge in [-0.05, 0) is 26.0 Å². The Morgan fingerprint density at radius 2 is 1.83 bits per heavy atom. The molecule has 0 aromatic heterocycles. The third-order valence-corrected chi connectivity index (χ3v) is 2.62. The molecule has 0 unspecified atom stereocenters. The molecule has 0 atom stereocenters. The van der Waals surface area contributed by atoms with Crippen molar-refractivity contribution in [2.24, 2.45) is 5.73 Å². The summed E-state index contributed by atoms with van der Waals surface area (Å²) in [5, 5.41) is 2.60. The van der Waals surface area contributed by atoms with Gasteiger partial charge in [0.25, 0.3) is 5.91 Å². The molecule has 3 N–H and O–H groups in total. The third kappa shape index (κ3) is 3.30. The van der Waals surface area contributed by atoms with Gasteiger partial charge in [0.15, 0.2) is 0 Å². The molecular weight excluding hydrogens is 230 g/mol. The summed E-state index contributed by atoms with van der Waals surface area (Å²) in [4.78, 5) is 25.1. The number of likely N-dealkylation sites (N-methyl/N-ethyl adjacent to an activating group) is 1. The number of para-hydroxylation sites is 1. The first kappa shape index (κ1) is 14.2. The number of anilines is 1. The number of hydrogen-bond acceptors (Lipinski definition) is 3. The minimum atomic E-state index is -0.985. The maximum absolute atomic E-state index is 12.3. The van der Waals surface area contributed by atoms with E-state index in [4.69, 9.17) is 5.73 Å². The van der Waals surface area contributed by atoms with Crippen LogP contribution in [0.3, 0.4) is 0 Å². The summed E-state index contributed by atoms with van der Waals surface area (Å²) in [6, 6.07) is 9.25. The zero-order valence-electron chi connectivity index (χ0n) is 10.9. The van der Waals surface area contributed by atoms with Crippen LogP contribution in [0.25, 0.3) is 0 Å². The Hall–Kier alpha value is -1.88. The molecule has 0 heterocycles. The highest BCUT2D eigenvalue weighted by molar-refractivity contribution is 6.01. The molecule has 98 valence electrons. The average molecular weight is 249 g/mol. The Morgan fingerprint density at radius 3 is 2.33 bits per heavy atom. The van der Waals surface area contributed by atoms with Crippen molar-refractivity contribution in [1.29, 1.82) is 0 Å². The maximum Gasteiger partial charge on any atom is 0.251 e. The molecule has 5 nitrogen and oxygen atoms in total.